The molecule has 1 aromatic heterocycles. The molecule has 0 aromatic carbocycles. The normalized spacial score (nSPS) is 12.8. The molecule has 0 aliphatic carbocycles. The van der Waals surface area contributed by atoms with Crippen LogP contribution in [0.4, 0.5) is 0 Å². The third-order valence-electron chi connectivity index (χ3n) is 1.73. The zero-order valence-corrected chi connectivity index (χ0v) is 8.73. The van der Waals surface area contributed by atoms with Gasteiger partial charge in [0.2, 0.25) is 0 Å². The first kappa shape index (κ1) is 11.1. The standard InChI is InChI=1S/C10H17N3O/c1-3-14-7-10-12-5-4-9(13-10)6-8(2)11/h4-5,8H,3,6-7,11H2,1-2H3. The van der Waals surface area contributed by atoms with Crippen LogP contribution in [0.3, 0.4) is 0 Å². The summed E-state index contributed by atoms with van der Waals surface area (Å²) in [6.07, 6.45) is 2.53. The van der Waals surface area contributed by atoms with Crippen molar-refractivity contribution in [2.24, 2.45) is 5.73 Å². The molecule has 1 atom stereocenters. The first-order valence-electron chi connectivity index (χ1n) is 4.86. The lowest BCUT2D eigenvalue weighted by molar-refractivity contribution is 0.128. The zero-order chi connectivity index (χ0) is 10.4. The van der Waals surface area contributed by atoms with Gasteiger partial charge in [-0.1, -0.05) is 0 Å². The minimum atomic E-state index is 0.129. The third-order valence-corrected chi connectivity index (χ3v) is 1.73. The van der Waals surface area contributed by atoms with Crippen LogP contribution in [-0.2, 0) is 17.8 Å². The molecule has 0 aliphatic heterocycles. The van der Waals surface area contributed by atoms with Gasteiger partial charge in [-0.25, -0.2) is 9.97 Å². The molecule has 0 amide bonds. The highest BCUT2D eigenvalue weighted by Gasteiger charge is 2.01. The lowest BCUT2D eigenvalue weighted by Gasteiger charge is -2.05. The number of nitrogens with two attached hydrogens (primary N) is 1. The number of aromatic nitrogens is 2. The van der Waals surface area contributed by atoms with Crippen LogP contribution in [0.25, 0.3) is 0 Å². The van der Waals surface area contributed by atoms with Gasteiger partial charge in [0, 0.05) is 31.0 Å². The van der Waals surface area contributed by atoms with Gasteiger partial charge in [0.15, 0.2) is 5.82 Å². The van der Waals surface area contributed by atoms with Gasteiger partial charge >= 0.3 is 0 Å². The first-order chi connectivity index (χ1) is 6.72. The van der Waals surface area contributed by atoms with Gasteiger partial charge < -0.3 is 10.5 Å². The van der Waals surface area contributed by atoms with Crippen molar-refractivity contribution in [1.82, 2.24) is 9.97 Å². The molecule has 2 N–H and O–H groups in total. The van der Waals surface area contributed by atoms with Crippen molar-refractivity contribution in [2.45, 2.75) is 32.9 Å². The number of nitrogens with zero attached hydrogens (tertiary/aromatic N) is 2. The Morgan fingerprint density at radius 1 is 1.57 bits per heavy atom. The van der Waals surface area contributed by atoms with Crippen molar-refractivity contribution in [3.05, 3.63) is 23.8 Å². The van der Waals surface area contributed by atoms with Crippen LogP contribution in [0.1, 0.15) is 25.4 Å². The second kappa shape index (κ2) is 5.67. The van der Waals surface area contributed by atoms with Crippen LogP contribution < -0.4 is 5.73 Å². The quantitative estimate of drug-likeness (QED) is 0.758. The minimum absolute atomic E-state index is 0.129. The van der Waals surface area contributed by atoms with Gasteiger partial charge in [-0.2, -0.15) is 0 Å². The van der Waals surface area contributed by atoms with E-state index in [0.29, 0.717) is 13.2 Å². The fourth-order valence-corrected chi connectivity index (χ4v) is 1.15. The van der Waals surface area contributed by atoms with E-state index in [-0.39, 0.29) is 6.04 Å². The Hall–Kier alpha value is -1.00. The Morgan fingerprint density at radius 2 is 2.36 bits per heavy atom. The van der Waals surface area contributed by atoms with E-state index in [0.717, 1.165) is 17.9 Å². The largest absolute Gasteiger partial charge is 0.374 e. The Balaban J connectivity index is 2.59. The Morgan fingerprint density at radius 3 is 3.00 bits per heavy atom. The molecule has 1 rings (SSSR count). The zero-order valence-electron chi connectivity index (χ0n) is 8.73. The summed E-state index contributed by atoms with van der Waals surface area (Å²) in [6.45, 7) is 5.07. The third kappa shape index (κ3) is 3.81. The van der Waals surface area contributed by atoms with E-state index in [9.17, 15) is 0 Å². The molecule has 4 heteroatoms. The van der Waals surface area contributed by atoms with Gasteiger partial charge in [-0.15, -0.1) is 0 Å². The van der Waals surface area contributed by atoms with Crippen LogP contribution in [-0.4, -0.2) is 22.6 Å². The molecular weight excluding hydrogens is 178 g/mol. The maximum Gasteiger partial charge on any atom is 0.154 e. The van der Waals surface area contributed by atoms with Gasteiger partial charge in [0.05, 0.1) is 0 Å². The van der Waals surface area contributed by atoms with E-state index in [1.54, 1.807) is 6.20 Å². The number of hydrogen-bond acceptors (Lipinski definition) is 4. The van der Waals surface area contributed by atoms with E-state index in [1.807, 2.05) is 19.9 Å². The van der Waals surface area contributed by atoms with E-state index in [1.165, 1.54) is 0 Å². The first-order valence-corrected chi connectivity index (χ1v) is 4.86. The molecule has 0 bridgehead atoms. The number of rotatable bonds is 5. The van der Waals surface area contributed by atoms with Crippen LogP contribution in [0, 0.1) is 0 Å². The molecule has 0 saturated carbocycles. The van der Waals surface area contributed by atoms with E-state index in [4.69, 9.17) is 10.5 Å². The van der Waals surface area contributed by atoms with Gasteiger partial charge in [-0.05, 0) is 19.9 Å². The highest BCUT2D eigenvalue weighted by atomic mass is 16.5. The summed E-state index contributed by atoms with van der Waals surface area (Å²) in [6, 6.07) is 2.02. The van der Waals surface area contributed by atoms with Crippen LogP contribution in [0.5, 0.6) is 0 Å². The average Bonchev–Trinajstić information content (AvgIpc) is 2.14. The Kier molecular flexibility index (Phi) is 4.49. The molecule has 1 heterocycles. The smallest absolute Gasteiger partial charge is 0.154 e. The predicted molar refractivity (Wildman–Crippen MR) is 54.7 cm³/mol. The summed E-state index contributed by atoms with van der Waals surface area (Å²) in [5.74, 6) is 0.727. The maximum absolute atomic E-state index is 5.68. The monoisotopic (exact) mass is 195 g/mol. The van der Waals surface area contributed by atoms with Gasteiger partial charge in [0.1, 0.15) is 6.61 Å². The topological polar surface area (TPSA) is 61.0 Å². The number of ether oxygens (including phenoxy) is 1. The van der Waals surface area contributed by atoms with Gasteiger partial charge in [0.25, 0.3) is 0 Å². The predicted octanol–water partition coefficient (Wildman–Crippen LogP) is 0.903. The molecule has 0 fully saturated rings. The van der Waals surface area contributed by atoms with Crippen LogP contribution in [0.2, 0.25) is 0 Å². The molecule has 1 unspecified atom stereocenters. The molecule has 0 aliphatic rings. The van der Waals surface area contributed by atoms with Crippen molar-refractivity contribution in [2.75, 3.05) is 6.61 Å². The van der Waals surface area contributed by atoms with Gasteiger partial charge in [-0.3, -0.25) is 0 Å². The van der Waals surface area contributed by atoms with Crippen molar-refractivity contribution < 1.29 is 4.74 Å². The highest BCUT2D eigenvalue weighted by Crippen LogP contribution is 2.00. The molecular formula is C10H17N3O. The summed E-state index contributed by atoms with van der Waals surface area (Å²) in [5, 5.41) is 0. The maximum atomic E-state index is 5.68. The second-order valence-electron chi connectivity index (χ2n) is 3.28. The fourth-order valence-electron chi connectivity index (χ4n) is 1.15. The van der Waals surface area contributed by atoms with Crippen LogP contribution >= 0.6 is 0 Å². The lowest BCUT2D eigenvalue weighted by atomic mass is 10.2. The fraction of sp³-hybridized carbons (Fsp3) is 0.600. The summed E-state index contributed by atoms with van der Waals surface area (Å²) in [4.78, 5) is 8.44. The van der Waals surface area contributed by atoms with Crippen molar-refractivity contribution in [3.8, 4) is 0 Å². The summed E-state index contributed by atoms with van der Waals surface area (Å²) >= 11 is 0. The SMILES string of the molecule is CCOCc1nccc(CC(C)N)n1. The second-order valence-corrected chi connectivity index (χ2v) is 3.28. The summed E-state index contributed by atoms with van der Waals surface area (Å²) in [5.41, 5.74) is 6.66. The number of hydrogen-bond donors (Lipinski definition) is 1. The lowest BCUT2D eigenvalue weighted by Crippen LogP contribution is -2.19. The van der Waals surface area contributed by atoms with E-state index in [2.05, 4.69) is 9.97 Å². The summed E-state index contributed by atoms with van der Waals surface area (Å²) < 4.78 is 5.22. The van der Waals surface area contributed by atoms with Crippen molar-refractivity contribution in [3.63, 3.8) is 0 Å². The average molecular weight is 195 g/mol. The van der Waals surface area contributed by atoms with Crippen molar-refractivity contribution >= 4 is 0 Å². The molecule has 0 saturated heterocycles. The molecule has 1 aromatic rings. The Labute approximate surface area is 84.5 Å². The van der Waals surface area contributed by atoms with Crippen LogP contribution in [0.15, 0.2) is 12.3 Å². The molecule has 0 radical (unpaired) electrons. The molecule has 4 nitrogen and oxygen atoms in total. The van der Waals surface area contributed by atoms with Crippen molar-refractivity contribution in [1.29, 1.82) is 0 Å². The minimum Gasteiger partial charge on any atom is -0.374 e. The summed E-state index contributed by atoms with van der Waals surface area (Å²) in [7, 11) is 0. The molecule has 14 heavy (non-hydrogen) atoms. The molecule has 0 spiro atoms. The molecule has 78 valence electrons. The highest BCUT2D eigenvalue weighted by molar-refractivity contribution is 5.03. The van der Waals surface area contributed by atoms with E-state index < -0.39 is 0 Å². The Bertz CT molecular complexity index is 276. The van der Waals surface area contributed by atoms with E-state index >= 15 is 0 Å².